The van der Waals surface area contributed by atoms with E-state index in [1.54, 1.807) is 6.20 Å². The molecule has 2 N–H and O–H groups in total. The van der Waals surface area contributed by atoms with E-state index in [1.807, 2.05) is 19.1 Å². The van der Waals surface area contributed by atoms with Gasteiger partial charge in [0, 0.05) is 30.5 Å². The van der Waals surface area contributed by atoms with Crippen LogP contribution in [-0.4, -0.2) is 50.9 Å². The second-order valence-electron chi connectivity index (χ2n) is 11.9. The van der Waals surface area contributed by atoms with Gasteiger partial charge in [0.15, 0.2) is 6.17 Å². The molecule has 10 nitrogen and oxygen atoms in total. The van der Waals surface area contributed by atoms with Gasteiger partial charge in [-0.05, 0) is 63.0 Å². The van der Waals surface area contributed by atoms with Gasteiger partial charge in [0.05, 0.1) is 46.2 Å². The first-order valence-corrected chi connectivity index (χ1v) is 15.0. The third kappa shape index (κ3) is 4.69. The van der Waals surface area contributed by atoms with Crippen molar-refractivity contribution in [3.63, 3.8) is 0 Å². The van der Waals surface area contributed by atoms with Crippen LogP contribution < -0.4 is 15.7 Å². The van der Waals surface area contributed by atoms with Crippen LogP contribution >= 0.6 is 11.6 Å². The van der Waals surface area contributed by atoms with E-state index in [0.717, 1.165) is 65.8 Å². The summed E-state index contributed by atoms with van der Waals surface area (Å²) in [4.78, 5) is 34.3. The first-order chi connectivity index (χ1) is 19.4. The highest BCUT2D eigenvalue weighted by Gasteiger charge is 2.39. The monoisotopic (exact) mass is 565 g/mol. The average Bonchev–Trinajstić information content (AvgIpc) is 3.69. The van der Waals surface area contributed by atoms with E-state index in [1.165, 1.54) is 32.1 Å². The Morgan fingerprint density at radius 1 is 1.12 bits per heavy atom. The predicted octanol–water partition coefficient (Wildman–Crippen LogP) is 5.28. The average molecular weight is 566 g/mol. The Labute approximate surface area is 238 Å². The molecule has 2 aliphatic carbocycles. The first kappa shape index (κ1) is 26.0. The van der Waals surface area contributed by atoms with Gasteiger partial charge in [-0.25, -0.2) is 14.8 Å². The molecule has 1 unspecified atom stereocenters. The summed E-state index contributed by atoms with van der Waals surface area (Å²) in [6, 6.07) is 4.22. The molecule has 212 valence electrons. The largest absolute Gasteiger partial charge is 0.427 e. The fraction of sp³-hybridized carbons (Fsp3) is 0.586. The van der Waals surface area contributed by atoms with Gasteiger partial charge in [-0.1, -0.05) is 31.4 Å². The lowest BCUT2D eigenvalue weighted by Gasteiger charge is -2.39. The van der Waals surface area contributed by atoms with E-state index in [9.17, 15) is 4.79 Å². The Bertz CT molecular complexity index is 1440. The van der Waals surface area contributed by atoms with Gasteiger partial charge in [0.25, 0.3) is 0 Å². The number of pyridine rings is 2. The van der Waals surface area contributed by atoms with Gasteiger partial charge in [0.2, 0.25) is 5.95 Å². The highest BCUT2D eigenvalue weighted by molar-refractivity contribution is 6.30. The summed E-state index contributed by atoms with van der Waals surface area (Å²) in [7, 11) is 0. The standard InChI is InChI=1S/C29H36ClN7O3/c1-16-6-8-18(9-7-16)15-37-26-21(33-28(37)36-10-11-39-24-5-3-4-23(24)36)13-22(27-34-29(38)40-35-27)32-25(26)20-12-19(30)14-31-17(20)2/h12-14,16,18,23-24,27,35H,3-11,15H2,1-2H3,(H,34,38)/t16?,18?,23-,24-,27?/m1/s1. The molecule has 1 amide bonds. The third-order valence-corrected chi connectivity index (χ3v) is 9.38. The maximum absolute atomic E-state index is 11.9. The molecular formula is C29H36ClN7O3. The highest BCUT2D eigenvalue weighted by Crippen LogP contribution is 2.40. The Kier molecular flexibility index (Phi) is 6.80. The molecule has 0 bridgehead atoms. The van der Waals surface area contributed by atoms with Crippen LogP contribution in [0.4, 0.5) is 10.7 Å². The van der Waals surface area contributed by atoms with Crippen LogP contribution in [-0.2, 0) is 16.1 Å². The number of aromatic nitrogens is 4. The number of carbonyl (C=O) groups excluding carboxylic acids is 1. The minimum absolute atomic E-state index is 0.250. The van der Waals surface area contributed by atoms with Crippen molar-refractivity contribution in [3.05, 3.63) is 34.7 Å². The molecule has 40 heavy (non-hydrogen) atoms. The van der Waals surface area contributed by atoms with Gasteiger partial charge in [-0.15, -0.1) is 5.48 Å². The summed E-state index contributed by atoms with van der Waals surface area (Å²) in [5.74, 6) is 2.34. The molecular weight excluding hydrogens is 530 g/mol. The maximum atomic E-state index is 11.9. The van der Waals surface area contributed by atoms with Crippen LogP contribution in [0.2, 0.25) is 5.02 Å². The minimum atomic E-state index is -0.584. The zero-order valence-electron chi connectivity index (χ0n) is 23.0. The van der Waals surface area contributed by atoms with E-state index in [-0.39, 0.29) is 6.10 Å². The number of rotatable bonds is 5. The molecule has 3 aromatic heterocycles. The van der Waals surface area contributed by atoms with Crippen molar-refractivity contribution in [2.45, 2.75) is 83.6 Å². The molecule has 3 atom stereocenters. The lowest BCUT2D eigenvalue weighted by atomic mass is 9.83. The third-order valence-electron chi connectivity index (χ3n) is 9.18. The molecule has 4 fully saturated rings. The van der Waals surface area contributed by atoms with Crippen molar-refractivity contribution in [1.82, 2.24) is 30.3 Å². The van der Waals surface area contributed by atoms with Crippen LogP contribution in [0, 0.1) is 18.8 Å². The van der Waals surface area contributed by atoms with Crippen LogP contribution in [0.1, 0.15) is 69.4 Å². The van der Waals surface area contributed by atoms with Crippen molar-refractivity contribution in [1.29, 1.82) is 0 Å². The number of morpholine rings is 1. The molecule has 5 heterocycles. The molecule has 2 saturated heterocycles. The zero-order chi connectivity index (χ0) is 27.4. The van der Waals surface area contributed by atoms with Gasteiger partial charge >= 0.3 is 6.09 Å². The summed E-state index contributed by atoms with van der Waals surface area (Å²) in [5.41, 5.74) is 7.64. The number of halogens is 1. The summed E-state index contributed by atoms with van der Waals surface area (Å²) >= 11 is 6.48. The van der Waals surface area contributed by atoms with Gasteiger partial charge in [0.1, 0.15) is 0 Å². The number of hydroxylamine groups is 1. The number of nitrogens with zero attached hydrogens (tertiary/aromatic N) is 5. The molecule has 0 radical (unpaired) electrons. The number of carbonyl (C=O) groups is 1. The number of aryl methyl sites for hydroxylation is 1. The van der Waals surface area contributed by atoms with Crippen molar-refractivity contribution >= 4 is 34.7 Å². The second-order valence-corrected chi connectivity index (χ2v) is 12.3. The molecule has 0 aromatic carbocycles. The smallest absolute Gasteiger partial charge is 0.374 e. The fourth-order valence-corrected chi connectivity index (χ4v) is 7.16. The Hall–Kier alpha value is -2.95. The number of hydrogen-bond acceptors (Lipinski definition) is 8. The van der Waals surface area contributed by atoms with E-state index in [2.05, 4.69) is 32.2 Å². The Morgan fingerprint density at radius 3 is 2.77 bits per heavy atom. The van der Waals surface area contributed by atoms with Crippen molar-refractivity contribution < 1.29 is 14.4 Å². The number of imidazole rings is 1. The first-order valence-electron chi connectivity index (χ1n) is 14.6. The Balaban J connectivity index is 1.43. The van der Waals surface area contributed by atoms with Gasteiger partial charge in [-0.3, -0.25) is 10.3 Å². The number of anilines is 1. The van der Waals surface area contributed by atoms with Crippen LogP contribution in [0.5, 0.6) is 0 Å². The number of nitrogens with one attached hydrogen (secondary N) is 2. The molecule has 0 spiro atoms. The summed E-state index contributed by atoms with van der Waals surface area (Å²) in [6.45, 7) is 6.73. The number of hydrogen-bond donors (Lipinski definition) is 2. The summed E-state index contributed by atoms with van der Waals surface area (Å²) in [6.07, 6.45) is 9.11. The number of fused-ring (bicyclic) bond motifs is 2. The van der Waals surface area contributed by atoms with Crippen LogP contribution in [0.25, 0.3) is 22.3 Å². The normalized spacial score (nSPS) is 28.5. The van der Waals surface area contributed by atoms with E-state index in [4.69, 9.17) is 31.1 Å². The Morgan fingerprint density at radius 2 is 1.98 bits per heavy atom. The molecule has 3 aromatic rings. The SMILES string of the molecule is Cc1ncc(Cl)cc1-c1nc(C2NOC(=O)N2)cc2nc(N3CCO[C@@H]4CCC[C@H]43)n(CC3CCC(C)CC3)c12. The van der Waals surface area contributed by atoms with E-state index in [0.29, 0.717) is 29.3 Å². The summed E-state index contributed by atoms with van der Waals surface area (Å²) < 4.78 is 8.59. The lowest BCUT2D eigenvalue weighted by Crippen LogP contribution is -2.49. The van der Waals surface area contributed by atoms with Gasteiger partial charge < -0.3 is 19.0 Å². The molecule has 4 aliphatic rings. The van der Waals surface area contributed by atoms with Gasteiger partial charge in [-0.2, -0.15) is 0 Å². The fourth-order valence-electron chi connectivity index (χ4n) is 7.01. The number of ether oxygens (including phenoxy) is 1. The second kappa shape index (κ2) is 10.5. The van der Waals surface area contributed by atoms with Crippen LogP contribution in [0.3, 0.4) is 0 Å². The number of amides is 1. The zero-order valence-corrected chi connectivity index (χ0v) is 23.8. The molecule has 2 saturated carbocycles. The topological polar surface area (TPSA) is 106 Å². The quantitative estimate of drug-likeness (QED) is 0.430. The van der Waals surface area contributed by atoms with Crippen molar-refractivity contribution in [2.75, 3.05) is 18.1 Å². The molecule has 2 aliphatic heterocycles. The maximum Gasteiger partial charge on any atom is 0.427 e. The van der Waals surface area contributed by atoms with E-state index >= 15 is 0 Å². The minimum Gasteiger partial charge on any atom is -0.374 e. The van der Waals surface area contributed by atoms with E-state index < -0.39 is 12.3 Å². The van der Waals surface area contributed by atoms with Crippen molar-refractivity contribution in [2.24, 2.45) is 11.8 Å². The highest BCUT2D eigenvalue weighted by atomic mass is 35.5. The van der Waals surface area contributed by atoms with Crippen LogP contribution in [0.15, 0.2) is 18.3 Å². The lowest BCUT2D eigenvalue weighted by molar-refractivity contribution is 0.0247. The predicted molar refractivity (Wildman–Crippen MR) is 152 cm³/mol. The molecule has 7 rings (SSSR count). The summed E-state index contributed by atoms with van der Waals surface area (Å²) in [5, 5.41) is 3.33. The molecule has 11 heteroatoms. The van der Waals surface area contributed by atoms with Crippen molar-refractivity contribution in [3.8, 4) is 11.3 Å².